The van der Waals surface area contributed by atoms with Crippen LogP contribution in [0.1, 0.15) is 13.8 Å². The van der Waals surface area contributed by atoms with Gasteiger partial charge >= 0.3 is 0 Å². The van der Waals surface area contributed by atoms with Crippen molar-refractivity contribution >= 4 is 22.5 Å². The number of rotatable bonds is 2. The van der Waals surface area contributed by atoms with E-state index >= 15 is 0 Å². The zero-order valence-electron chi connectivity index (χ0n) is 12.5. The number of piperazine rings is 1. The van der Waals surface area contributed by atoms with Crippen LogP contribution in [0.15, 0.2) is 23.0 Å². The van der Waals surface area contributed by atoms with Crippen molar-refractivity contribution in [2.45, 2.75) is 19.9 Å². The van der Waals surface area contributed by atoms with Crippen molar-refractivity contribution in [1.82, 2.24) is 14.9 Å². The molecule has 0 amide bonds. The fourth-order valence-corrected chi connectivity index (χ4v) is 2.95. The standard InChI is InChI=1S/C15H21N5O/c1-3-19-6-7-20(9-10(19)2)15-17-13-5-4-11(16)8-12(13)14(21)18-15/h4-5,8,10H,3,6-7,9,16H2,1-2H3,(H,17,18,21). The Hall–Kier alpha value is -2.08. The first-order valence-corrected chi connectivity index (χ1v) is 7.37. The Morgan fingerprint density at radius 2 is 2.24 bits per heavy atom. The van der Waals surface area contributed by atoms with E-state index in [-0.39, 0.29) is 5.56 Å². The quantitative estimate of drug-likeness (QED) is 0.807. The molecule has 6 heteroatoms. The van der Waals surface area contributed by atoms with E-state index in [9.17, 15) is 4.79 Å². The molecule has 1 aliphatic heterocycles. The summed E-state index contributed by atoms with van der Waals surface area (Å²) in [7, 11) is 0. The Kier molecular flexibility index (Phi) is 3.55. The summed E-state index contributed by atoms with van der Waals surface area (Å²) in [5.41, 5.74) is 6.86. The SMILES string of the molecule is CCN1CCN(c2nc3ccc(N)cc3c(=O)[nH]2)CC1C. The maximum absolute atomic E-state index is 12.2. The Labute approximate surface area is 123 Å². The number of H-pyrrole nitrogens is 1. The molecule has 3 rings (SSSR count). The van der Waals surface area contributed by atoms with Gasteiger partial charge in [0.25, 0.3) is 5.56 Å². The number of benzene rings is 1. The van der Waals surface area contributed by atoms with Gasteiger partial charge in [-0.15, -0.1) is 0 Å². The molecule has 1 aliphatic rings. The molecule has 1 aromatic carbocycles. The van der Waals surface area contributed by atoms with E-state index in [1.165, 1.54) is 0 Å². The predicted molar refractivity (Wildman–Crippen MR) is 85.7 cm³/mol. The molecule has 0 saturated carbocycles. The van der Waals surface area contributed by atoms with Gasteiger partial charge in [-0.2, -0.15) is 0 Å². The first kappa shape index (κ1) is 13.9. The fourth-order valence-electron chi connectivity index (χ4n) is 2.95. The van der Waals surface area contributed by atoms with Crippen molar-refractivity contribution in [3.05, 3.63) is 28.6 Å². The second-order valence-corrected chi connectivity index (χ2v) is 5.59. The van der Waals surface area contributed by atoms with E-state index in [1.807, 2.05) is 0 Å². The zero-order chi connectivity index (χ0) is 15.0. The minimum Gasteiger partial charge on any atom is -0.399 e. The number of nitrogens with two attached hydrogens (primary N) is 1. The van der Waals surface area contributed by atoms with Crippen LogP contribution in [-0.4, -0.2) is 47.1 Å². The molecule has 1 fully saturated rings. The number of hydrogen-bond acceptors (Lipinski definition) is 5. The smallest absolute Gasteiger partial charge is 0.260 e. The van der Waals surface area contributed by atoms with Gasteiger partial charge in [0.2, 0.25) is 5.95 Å². The monoisotopic (exact) mass is 287 g/mol. The molecule has 2 aromatic rings. The summed E-state index contributed by atoms with van der Waals surface area (Å²) in [6, 6.07) is 5.70. The van der Waals surface area contributed by atoms with E-state index in [0.29, 0.717) is 28.6 Å². The molecular weight excluding hydrogens is 266 g/mol. The lowest BCUT2D eigenvalue weighted by atomic mass is 10.2. The molecule has 3 N–H and O–H groups in total. The van der Waals surface area contributed by atoms with Crippen LogP contribution in [-0.2, 0) is 0 Å². The zero-order valence-corrected chi connectivity index (χ0v) is 12.5. The highest BCUT2D eigenvalue weighted by Crippen LogP contribution is 2.17. The summed E-state index contributed by atoms with van der Waals surface area (Å²) >= 11 is 0. The number of aromatic amines is 1. The number of aromatic nitrogens is 2. The number of nitrogens with one attached hydrogen (secondary N) is 1. The second-order valence-electron chi connectivity index (χ2n) is 5.59. The number of nitrogens with zero attached hydrogens (tertiary/aromatic N) is 3. The Morgan fingerprint density at radius 3 is 2.95 bits per heavy atom. The van der Waals surface area contributed by atoms with Crippen LogP contribution in [0.5, 0.6) is 0 Å². The first-order chi connectivity index (χ1) is 10.1. The van der Waals surface area contributed by atoms with Crippen molar-refractivity contribution in [2.75, 3.05) is 36.8 Å². The van der Waals surface area contributed by atoms with Crippen molar-refractivity contribution in [1.29, 1.82) is 0 Å². The third-order valence-electron chi connectivity index (χ3n) is 4.19. The van der Waals surface area contributed by atoms with Crippen molar-refractivity contribution in [3.8, 4) is 0 Å². The van der Waals surface area contributed by atoms with Crippen molar-refractivity contribution in [2.24, 2.45) is 0 Å². The van der Waals surface area contributed by atoms with Crippen molar-refractivity contribution < 1.29 is 0 Å². The van der Waals surface area contributed by atoms with Gasteiger partial charge in [0.1, 0.15) is 0 Å². The molecule has 6 nitrogen and oxygen atoms in total. The fraction of sp³-hybridized carbons (Fsp3) is 0.467. The van der Waals surface area contributed by atoms with E-state index in [2.05, 4.69) is 33.6 Å². The molecule has 0 bridgehead atoms. The second kappa shape index (κ2) is 5.37. The van der Waals surface area contributed by atoms with Crippen LogP contribution in [0.4, 0.5) is 11.6 Å². The van der Waals surface area contributed by atoms with Gasteiger partial charge in [-0.25, -0.2) is 4.98 Å². The molecule has 1 saturated heterocycles. The average Bonchev–Trinajstić information content (AvgIpc) is 2.47. The van der Waals surface area contributed by atoms with Crippen LogP contribution in [0, 0.1) is 0 Å². The van der Waals surface area contributed by atoms with Gasteiger partial charge < -0.3 is 10.6 Å². The van der Waals surface area contributed by atoms with Gasteiger partial charge in [-0.05, 0) is 31.7 Å². The molecule has 0 radical (unpaired) electrons. The molecular formula is C15H21N5O. The lowest BCUT2D eigenvalue weighted by molar-refractivity contribution is 0.198. The lowest BCUT2D eigenvalue weighted by Gasteiger charge is -2.39. The molecule has 2 heterocycles. The predicted octanol–water partition coefficient (Wildman–Crippen LogP) is 1.04. The highest BCUT2D eigenvalue weighted by atomic mass is 16.1. The van der Waals surface area contributed by atoms with E-state index < -0.39 is 0 Å². The number of likely N-dealkylation sites (N-methyl/N-ethyl adjacent to an activating group) is 1. The normalized spacial score (nSPS) is 20.1. The van der Waals surface area contributed by atoms with Crippen LogP contribution >= 0.6 is 0 Å². The lowest BCUT2D eigenvalue weighted by Crippen LogP contribution is -2.52. The maximum atomic E-state index is 12.2. The number of fused-ring (bicyclic) bond motifs is 1. The number of nitrogen functional groups attached to an aromatic ring is 1. The summed E-state index contributed by atoms with van der Waals surface area (Å²) in [4.78, 5) is 24.3. The van der Waals surface area contributed by atoms with Gasteiger partial charge in [-0.3, -0.25) is 14.7 Å². The molecule has 112 valence electrons. The molecule has 0 spiro atoms. The molecule has 0 aliphatic carbocycles. The summed E-state index contributed by atoms with van der Waals surface area (Å²) in [6.07, 6.45) is 0. The summed E-state index contributed by atoms with van der Waals surface area (Å²) in [5, 5.41) is 0.541. The topological polar surface area (TPSA) is 78.2 Å². The van der Waals surface area contributed by atoms with E-state index in [1.54, 1.807) is 18.2 Å². The van der Waals surface area contributed by atoms with Crippen molar-refractivity contribution in [3.63, 3.8) is 0 Å². The number of hydrogen-bond donors (Lipinski definition) is 2. The Morgan fingerprint density at radius 1 is 1.43 bits per heavy atom. The minimum atomic E-state index is -0.132. The Bertz CT molecular complexity index is 711. The van der Waals surface area contributed by atoms with Crippen LogP contribution in [0.3, 0.4) is 0 Å². The summed E-state index contributed by atoms with van der Waals surface area (Å²) in [6.45, 7) is 8.16. The van der Waals surface area contributed by atoms with Crippen LogP contribution < -0.4 is 16.2 Å². The molecule has 1 unspecified atom stereocenters. The molecule has 1 atom stereocenters. The summed E-state index contributed by atoms with van der Waals surface area (Å²) < 4.78 is 0. The third-order valence-corrected chi connectivity index (χ3v) is 4.19. The maximum Gasteiger partial charge on any atom is 0.260 e. The Balaban J connectivity index is 1.95. The van der Waals surface area contributed by atoms with Gasteiger partial charge in [0.15, 0.2) is 0 Å². The van der Waals surface area contributed by atoms with Gasteiger partial charge in [0, 0.05) is 31.4 Å². The third kappa shape index (κ3) is 2.58. The highest BCUT2D eigenvalue weighted by Gasteiger charge is 2.24. The average molecular weight is 287 g/mol. The van der Waals surface area contributed by atoms with Gasteiger partial charge in [0.05, 0.1) is 10.9 Å². The van der Waals surface area contributed by atoms with E-state index in [4.69, 9.17) is 5.73 Å². The largest absolute Gasteiger partial charge is 0.399 e. The molecule has 1 aromatic heterocycles. The highest BCUT2D eigenvalue weighted by molar-refractivity contribution is 5.81. The van der Waals surface area contributed by atoms with E-state index in [0.717, 1.165) is 26.2 Å². The van der Waals surface area contributed by atoms with Crippen LogP contribution in [0.25, 0.3) is 10.9 Å². The summed E-state index contributed by atoms with van der Waals surface area (Å²) in [5.74, 6) is 0.653. The van der Waals surface area contributed by atoms with Gasteiger partial charge in [-0.1, -0.05) is 6.92 Å². The number of anilines is 2. The van der Waals surface area contributed by atoms with Crippen LogP contribution in [0.2, 0.25) is 0 Å². The molecule has 21 heavy (non-hydrogen) atoms. The first-order valence-electron chi connectivity index (χ1n) is 7.37. The minimum absolute atomic E-state index is 0.132.